The van der Waals surface area contributed by atoms with Gasteiger partial charge in [0.25, 0.3) is 0 Å². The van der Waals surface area contributed by atoms with E-state index in [1.54, 1.807) is 0 Å². The SMILES string of the molecule is CC(C)(C)c1cc(N2CN(c3cccc(Oc4ccc5c6cc(-c7ccccc7)ccc6n(-c6cc(C(C)(C)C)ccn6)c5c4)c3)c3cccc(-c4cccc([Si](C)(C)C)c4)c32)cc(C(C)(C)C)c1. The first kappa shape index (κ1) is 45.9. The van der Waals surface area contributed by atoms with Gasteiger partial charge in [-0.2, -0.15) is 0 Å². The molecule has 6 heteroatoms. The van der Waals surface area contributed by atoms with E-state index in [1.165, 1.54) is 66.6 Å². The van der Waals surface area contributed by atoms with E-state index in [4.69, 9.17) is 9.72 Å². The van der Waals surface area contributed by atoms with Crippen LogP contribution in [0.1, 0.15) is 79.0 Å². The molecule has 0 fully saturated rings. The van der Waals surface area contributed by atoms with Gasteiger partial charge in [-0.25, -0.2) is 4.98 Å². The van der Waals surface area contributed by atoms with Gasteiger partial charge in [0.05, 0.1) is 30.5 Å². The van der Waals surface area contributed by atoms with Crippen molar-refractivity contribution in [3.63, 3.8) is 0 Å². The van der Waals surface area contributed by atoms with Crippen LogP contribution in [-0.4, -0.2) is 24.3 Å². The molecule has 0 unspecified atom stereocenters. The van der Waals surface area contributed by atoms with Crippen molar-refractivity contribution >= 4 is 57.8 Å². The Kier molecular flexibility index (Phi) is 11.3. The van der Waals surface area contributed by atoms with E-state index in [1.807, 2.05) is 6.20 Å². The summed E-state index contributed by atoms with van der Waals surface area (Å²) in [5.74, 6) is 2.43. The van der Waals surface area contributed by atoms with Crippen molar-refractivity contribution in [2.45, 2.75) is 98.2 Å². The van der Waals surface area contributed by atoms with Crippen molar-refractivity contribution in [2.24, 2.45) is 0 Å². The lowest BCUT2D eigenvalue weighted by Gasteiger charge is -2.30. The Hall–Kier alpha value is -6.89. The maximum atomic E-state index is 6.92. The van der Waals surface area contributed by atoms with Crippen LogP contribution in [0.5, 0.6) is 11.5 Å². The number of hydrogen-bond donors (Lipinski definition) is 0. The van der Waals surface area contributed by atoms with E-state index in [2.05, 4.69) is 260 Å². The van der Waals surface area contributed by atoms with Crippen LogP contribution in [0.2, 0.25) is 19.6 Å². The Balaban J connectivity index is 1.08. The molecule has 3 heterocycles. The summed E-state index contributed by atoms with van der Waals surface area (Å²) in [6, 6.07) is 60.2. The molecule has 0 bridgehead atoms. The second-order valence-electron chi connectivity index (χ2n) is 23.1. The fourth-order valence-corrected chi connectivity index (χ4v) is 10.9. The third kappa shape index (κ3) is 8.87. The van der Waals surface area contributed by atoms with Crippen LogP contribution in [0.25, 0.3) is 49.9 Å². The molecule has 69 heavy (non-hydrogen) atoms. The Morgan fingerprint density at radius 3 is 1.87 bits per heavy atom. The number of benzene rings is 7. The number of nitrogens with zero attached hydrogens (tertiary/aromatic N) is 4. The van der Waals surface area contributed by atoms with Crippen molar-refractivity contribution in [1.29, 1.82) is 0 Å². The van der Waals surface area contributed by atoms with Gasteiger partial charge in [-0.05, 0) is 116 Å². The zero-order chi connectivity index (χ0) is 48.6. The largest absolute Gasteiger partial charge is 0.457 e. The minimum absolute atomic E-state index is 0.0233. The zero-order valence-corrected chi connectivity index (χ0v) is 43.6. The molecule has 0 saturated heterocycles. The van der Waals surface area contributed by atoms with E-state index in [-0.39, 0.29) is 16.2 Å². The highest BCUT2D eigenvalue weighted by atomic mass is 28.3. The Morgan fingerprint density at radius 2 is 1.16 bits per heavy atom. The van der Waals surface area contributed by atoms with Gasteiger partial charge in [0.1, 0.15) is 24.0 Å². The summed E-state index contributed by atoms with van der Waals surface area (Å²) >= 11 is 0. The van der Waals surface area contributed by atoms with Crippen LogP contribution in [0.3, 0.4) is 0 Å². The highest BCUT2D eigenvalue weighted by Gasteiger charge is 2.33. The Labute approximate surface area is 411 Å². The molecule has 0 radical (unpaired) electrons. The molecule has 0 N–H and O–H groups in total. The normalized spacial score (nSPS) is 13.4. The van der Waals surface area contributed by atoms with Gasteiger partial charge >= 0.3 is 0 Å². The monoisotopic (exact) mass is 923 g/mol. The quantitative estimate of drug-likeness (QED) is 0.142. The number of para-hydroxylation sites is 1. The molecule has 0 spiro atoms. The summed E-state index contributed by atoms with van der Waals surface area (Å²) in [4.78, 5) is 9.98. The van der Waals surface area contributed by atoms with Crippen LogP contribution < -0.4 is 19.7 Å². The third-order valence-corrected chi connectivity index (χ3v) is 16.0. The van der Waals surface area contributed by atoms with Crippen LogP contribution in [0, 0.1) is 0 Å². The number of rotatable bonds is 8. The smallest absolute Gasteiger partial charge is 0.137 e. The third-order valence-electron chi connectivity index (χ3n) is 13.9. The molecule has 0 aliphatic carbocycles. The molecule has 0 saturated carbocycles. The molecule has 7 aromatic carbocycles. The van der Waals surface area contributed by atoms with Crippen molar-refractivity contribution in [2.75, 3.05) is 16.5 Å². The van der Waals surface area contributed by atoms with E-state index >= 15 is 0 Å². The summed E-state index contributed by atoms with van der Waals surface area (Å²) < 4.78 is 9.21. The van der Waals surface area contributed by atoms with Gasteiger partial charge in [-0.1, -0.05) is 172 Å². The average molecular weight is 923 g/mol. The minimum atomic E-state index is -1.58. The second kappa shape index (κ2) is 17.0. The van der Waals surface area contributed by atoms with E-state index in [0.717, 1.165) is 39.4 Å². The molecule has 1 aliphatic heterocycles. The number of hydrogen-bond acceptors (Lipinski definition) is 4. The molecular weight excluding hydrogens is 857 g/mol. The molecule has 1 aliphatic rings. The fraction of sp³-hybridized carbons (Fsp3) is 0.254. The molecule has 0 atom stereocenters. The van der Waals surface area contributed by atoms with Gasteiger partial charge in [0.15, 0.2) is 0 Å². The Bertz CT molecular complexity index is 3360. The molecule has 9 aromatic rings. The van der Waals surface area contributed by atoms with Gasteiger partial charge in [-0.15, -0.1) is 0 Å². The standard InChI is InChI=1S/C63H66N4OSi/c1-61(2,3)45-31-32-64-59(38-45)67-56-30-27-43(42-19-14-13-15-20-42)34-55(56)54-29-28-51(40-58(54)67)68-50-23-17-22-48(39-50)65-41-66(49-36-46(62(4,5)6)35-47(37-49)63(7,8)9)60-53(25-18-26-57(60)65)44-21-16-24-52(33-44)69(10,11)12/h13-40H,41H2,1-12H3. The van der Waals surface area contributed by atoms with E-state index in [0.29, 0.717) is 6.67 Å². The summed E-state index contributed by atoms with van der Waals surface area (Å²) in [6.07, 6.45) is 1.94. The molecule has 348 valence electrons. The molecule has 10 rings (SSSR count). The van der Waals surface area contributed by atoms with Crippen molar-refractivity contribution in [1.82, 2.24) is 9.55 Å². The zero-order valence-electron chi connectivity index (χ0n) is 42.6. The summed E-state index contributed by atoms with van der Waals surface area (Å²) in [7, 11) is -1.58. The highest BCUT2D eigenvalue weighted by Crippen LogP contribution is 2.51. The first-order chi connectivity index (χ1) is 32.7. The number of fused-ring (bicyclic) bond motifs is 4. The maximum Gasteiger partial charge on any atom is 0.137 e. The molecular formula is C63H66N4OSi. The fourth-order valence-electron chi connectivity index (χ4n) is 9.75. The van der Waals surface area contributed by atoms with Gasteiger partial charge < -0.3 is 14.5 Å². The van der Waals surface area contributed by atoms with Crippen molar-refractivity contribution in [3.8, 4) is 39.6 Å². The topological polar surface area (TPSA) is 33.5 Å². The Morgan fingerprint density at radius 1 is 0.478 bits per heavy atom. The second-order valence-corrected chi connectivity index (χ2v) is 28.2. The lowest BCUT2D eigenvalue weighted by atomic mass is 9.80. The molecule has 2 aromatic heterocycles. The first-order valence-electron chi connectivity index (χ1n) is 24.5. The predicted octanol–water partition coefficient (Wildman–Crippen LogP) is 17.0. The van der Waals surface area contributed by atoms with Crippen LogP contribution in [0.15, 0.2) is 170 Å². The van der Waals surface area contributed by atoms with Gasteiger partial charge in [0.2, 0.25) is 0 Å². The van der Waals surface area contributed by atoms with Gasteiger partial charge in [-0.3, -0.25) is 4.57 Å². The van der Waals surface area contributed by atoms with Crippen LogP contribution in [0.4, 0.5) is 22.7 Å². The van der Waals surface area contributed by atoms with E-state index in [9.17, 15) is 0 Å². The average Bonchev–Trinajstić information content (AvgIpc) is 3.87. The summed E-state index contributed by atoms with van der Waals surface area (Å²) in [5, 5.41) is 3.78. The lowest BCUT2D eigenvalue weighted by Crippen LogP contribution is -2.37. The van der Waals surface area contributed by atoms with E-state index < -0.39 is 8.07 Å². The van der Waals surface area contributed by atoms with Crippen LogP contribution in [-0.2, 0) is 16.2 Å². The minimum Gasteiger partial charge on any atom is -0.457 e. The predicted molar refractivity (Wildman–Crippen MR) is 297 cm³/mol. The molecule has 5 nitrogen and oxygen atoms in total. The number of pyridine rings is 1. The molecule has 0 amide bonds. The van der Waals surface area contributed by atoms with Crippen LogP contribution >= 0.6 is 0 Å². The summed E-state index contributed by atoms with van der Waals surface area (Å²) in [5.41, 5.74) is 15.5. The van der Waals surface area contributed by atoms with Gasteiger partial charge in [0, 0.05) is 46.0 Å². The maximum absolute atomic E-state index is 6.92. The first-order valence-corrected chi connectivity index (χ1v) is 28.0. The number of aromatic nitrogens is 2. The highest BCUT2D eigenvalue weighted by molar-refractivity contribution is 6.88. The van der Waals surface area contributed by atoms with Crippen molar-refractivity contribution < 1.29 is 4.74 Å². The lowest BCUT2D eigenvalue weighted by molar-refractivity contribution is 0.483. The number of ether oxygens (including phenoxy) is 1. The van der Waals surface area contributed by atoms with Crippen molar-refractivity contribution in [3.05, 3.63) is 187 Å². The number of anilines is 4. The summed E-state index contributed by atoms with van der Waals surface area (Å²) in [6.45, 7) is 28.6.